The molecule has 0 aliphatic rings. The number of ether oxygens (including phenoxy) is 1. The second-order valence-electron chi connectivity index (χ2n) is 6.87. The van der Waals surface area contributed by atoms with E-state index in [1.165, 1.54) is 13.0 Å². The quantitative estimate of drug-likeness (QED) is 0.341. The van der Waals surface area contributed by atoms with Gasteiger partial charge in [-0.15, -0.1) is 10.2 Å². The van der Waals surface area contributed by atoms with Gasteiger partial charge in [0.15, 0.2) is 16.8 Å². The summed E-state index contributed by atoms with van der Waals surface area (Å²) in [6.45, 7) is 2.09. The van der Waals surface area contributed by atoms with E-state index < -0.39 is 12.7 Å². The van der Waals surface area contributed by atoms with E-state index in [1.54, 1.807) is 42.8 Å². The Morgan fingerprint density at radius 2 is 1.94 bits per heavy atom. The first kappa shape index (κ1) is 23.2. The van der Waals surface area contributed by atoms with Crippen molar-refractivity contribution in [1.82, 2.24) is 19.3 Å². The van der Waals surface area contributed by atoms with Crippen LogP contribution >= 0.6 is 23.4 Å². The van der Waals surface area contributed by atoms with E-state index in [4.69, 9.17) is 16.3 Å². The van der Waals surface area contributed by atoms with Gasteiger partial charge in [-0.2, -0.15) is 13.2 Å². The summed E-state index contributed by atoms with van der Waals surface area (Å²) in [4.78, 5) is 12.6. The Bertz CT molecular complexity index is 1090. The molecule has 0 saturated carbocycles. The number of alkyl halides is 3. The number of aromatic nitrogens is 4. The molecule has 3 aromatic rings. The fourth-order valence-corrected chi connectivity index (χ4v) is 4.02. The molecule has 11 heteroatoms. The Morgan fingerprint density at radius 3 is 2.61 bits per heavy atom. The average molecular weight is 473 g/mol. The first-order valence-corrected chi connectivity index (χ1v) is 10.6. The van der Waals surface area contributed by atoms with Gasteiger partial charge in [-0.3, -0.25) is 4.79 Å². The molecule has 31 heavy (non-hydrogen) atoms. The molecule has 3 rings (SSSR count). The van der Waals surface area contributed by atoms with E-state index in [-0.39, 0.29) is 23.7 Å². The highest BCUT2D eigenvalue weighted by molar-refractivity contribution is 7.99. The SMILES string of the molecule is Cc1cc(C(=O)CSc2nnc(COc3ccccc3Cl)n2C)c(C)n1CC(F)(F)F. The summed E-state index contributed by atoms with van der Waals surface area (Å²) >= 11 is 7.22. The van der Waals surface area contributed by atoms with E-state index >= 15 is 0 Å². The second kappa shape index (κ2) is 9.35. The minimum atomic E-state index is -4.36. The zero-order valence-electron chi connectivity index (χ0n) is 17.0. The predicted octanol–water partition coefficient (Wildman–Crippen LogP) is 5.00. The van der Waals surface area contributed by atoms with Crippen molar-refractivity contribution in [3.8, 4) is 5.75 Å². The van der Waals surface area contributed by atoms with Crippen molar-refractivity contribution in [2.24, 2.45) is 7.05 Å². The Kier molecular flexibility index (Phi) is 7.00. The molecule has 0 N–H and O–H groups in total. The summed E-state index contributed by atoms with van der Waals surface area (Å²) in [5.41, 5.74) is 0.965. The molecule has 1 aromatic carbocycles. The van der Waals surface area contributed by atoms with Crippen LogP contribution in [0.5, 0.6) is 5.75 Å². The second-order valence-corrected chi connectivity index (χ2v) is 8.22. The smallest absolute Gasteiger partial charge is 0.406 e. The van der Waals surface area contributed by atoms with Crippen LogP contribution in [0.3, 0.4) is 0 Å². The number of para-hydroxylation sites is 1. The standard InChI is InChI=1S/C20H20ClF3N4O2S/c1-12-8-14(13(2)28(12)11-20(22,23)24)16(29)10-31-19-26-25-18(27(19)3)9-30-17-7-5-4-6-15(17)21/h4-8H,9-11H2,1-3H3. The zero-order chi connectivity index (χ0) is 22.8. The maximum Gasteiger partial charge on any atom is 0.406 e. The van der Waals surface area contributed by atoms with E-state index in [2.05, 4.69) is 10.2 Å². The van der Waals surface area contributed by atoms with E-state index in [0.717, 1.165) is 16.3 Å². The van der Waals surface area contributed by atoms with Gasteiger partial charge in [0.25, 0.3) is 0 Å². The first-order valence-electron chi connectivity index (χ1n) is 9.22. The molecule has 0 fully saturated rings. The number of hydrogen-bond acceptors (Lipinski definition) is 5. The van der Waals surface area contributed by atoms with Gasteiger partial charge in [-0.25, -0.2) is 0 Å². The lowest BCUT2D eigenvalue weighted by Gasteiger charge is -2.12. The van der Waals surface area contributed by atoms with Crippen LogP contribution in [0.15, 0.2) is 35.5 Å². The number of halogens is 4. The van der Waals surface area contributed by atoms with Gasteiger partial charge >= 0.3 is 6.18 Å². The Hall–Kier alpha value is -2.46. The summed E-state index contributed by atoms with van der Waals surface area (Å²) in [5, 5.41) is 9.11. The average Bonchev–Trinajstić information content (AvgIpc) is 3.18. The number of rotatable bonds is 8. The van der Waals surface area contributed by atoms with E-state index in [1.807, 2.05) is 0 Å². The van der Waals surface area contributed by atoms with Gasteiger partial charge < -0.3 is 13.9 Å². The molecule has 0 aliphatic carbocycles. The lowest BCUT2D eigenvalue weighted by Crippen LogP contribution is -2.19. The maximum absolute atomic E-state index is 12.8. The van der Waals surface area contributed by atoms with Gasteiger partial charge in [0.05, 0.1) is 10.8 Å². The number of thioether (sulfide) groups is 1. The highest BCUT2D eigenvalue weighted by Crippen LogP contribution is 2.26. The third-order valence-electron chi connectivity index (χ3n) is 4.66. The van der Waals surface area contributed by atoms with Crippen LogP contribution in [0.1, 0.15) is 27.6 Å². The number of nitrogens with zero attached hydrogens (tertiary/aromatic N) is 4. The van der Waals surface area contributed by atoms with Crippen molar-refractivity contribution in [2.45, 2.75) is 38.3 Å². The summed E-state index contributed by atoms with van der Waals surface area (Å²) in [6, 6.07) is 8.54. The lowest BCUT2D eigenvalue weighted by atomic mass is 10.2. The van der Waals surface area contributed by atoms with Crippen molar-refractivity contribution in [3.63, 3.8) is 0 Å². The normalized spacial score (nSPS) is 11.7. The number of carbonyl (C=O) groups is 1. The van der Waals surface area contributed by atoms with Gasteiger partial charge in [-0.05, 0) is 32.0 Å². The van der Waals surface area contributed by atoms with Crippen LogP contribution in [0.25, 0.3) is 0 Å². The molecular formula is C20H20ClF3N4O2S. The number of aryl methyl sites for hydroxylation is 1. The molecule has 0 bridgehead atoms. The van der Waals surface area contributed by atoms with Crippen molar-refractivity contribution in [3.05, 3.63) is 58.1 Å². The van der Waals surface area contributed by atoms with Crippen LogP contribution in [-0.4, -0.2) is 37.0 Å². The number of carbonyl (C=O) groups excluding carboxylic acids is 1. The van der Waals surface area contributed by atoms with Crippen LogP contribution in [0, 0.1) is 13.8 Å². The Balaban J connectivity index is 1.64. The molecule has 6 nitrogen and oxygen atoms in total. The van der Waals surface area contributed by atoms with Crippen LogP contribution in [0.4, 0.5) is 13.2 Å². The summed E-state index contributed by atoms with van der Waals surface area (Å²) in [7, 11) is 1.74. The maximum atomic E-state index is 12.8. The van der Waals surface area contributed by atoms with E-state index in [0.29, 0.717) is 33.1 Å². The molecule has 2 heterocycles. The molecule has 166 valence electrons. The van der Waals surface area contributed by atoms with Crippen LogP contribution < -0.4 is 4.74 Å². The molecule has 0 amide bonds. The molecular weight excluding hydrogens is 453 g/mol. The van der Waals surface area contributed by atoms with Crippen LogP contribution in [0.2, 0.25) is 5.02 Å². The molecule has 0 aliphatic heterocycles. The minimum Gasteiger partial charge on any atom is -0.484 e. The van der Waals surface area contributed by atoms with Gasteiger partial charge in [0, 0.05) is 24.0 Å². The summed E-state index contributed by atoms with van der Waals surface area (Å²) in [6.07, 6.45) is -4.36. The van der Waals surface area contributed by atoms with Crippen molar-refractivity contribution in [1.29, 1.82) is 0 Å². The molecule has 2 aromatic heterocycles. The molecule has 0 atom stereocenters. The van der Waals surface area contributed by atoms with Gasteiger partial charge in [-0.1, -0.05) is 35.5 Å². The zero-order valence-corrected chi connectivity index (χ0v) is 18.6. The fourth-order valence-electron chi connectivity index (χ4n) is 3.01. The largest absolute Gasteiger partial charge is 0.484 e. The molecule has 0 spiro atoms. The highest BCUT2D eigenvalue weighted by Gasteiger charge is 2.30. The first-order chi connectivity index (χ1) is 14.6. The predicted molar refractivity (Wildman–Crippen MR) is 112 cm³/mol. The van der Waals surface area contributed by atoms with Crippen molar-refractivity contribution >= 4 is 29.1 Å². The molecule has 0 saturated heterocycles. The summed E-state index contributed by atoms with van der Waals surface area (Å²) < 4.78 is 46.8. The van der Waals surface area contributed by atoms with Gasteiger partial charge in [0.1, 0.15) is 18.9 Å². The third-order valence-corrected chi connectivity index (χ3v) is 5.99. The van der Waals surface area contributed by atoms with E-state index in [9.17, 15) is 18.0 Å². The molecule has 0 radical (unpaired) electrons. The number of ketones is 1. The van der Waals surface area contributed by atoms with Gasteiger partial charge in [0.2, 0.25) is 0 Å². The minimum absolute atomic E-state index is 0.0215. The monoisotopic (exact) mass is 472 g/mol. The highest BCUT2D eigenvalue weighted by atomic mass is 35.5. The third kappa shape index (κ3) is 5.62. The Morgan fingerprint density at radius 1 is 1.23 bits per heavy atom. The van der Waals surface area contributed by atoms with Crippen molar-refractivity contribution in [2.75, 3.05) is 5.75 Å². The number of benzene rings is 1. The van der Waals surface area contributed by atoms with Crippen molar-refractivity contribution < 1.29 is 22.7 Å². The Labute approximate surface area is 186 Å². The lowest BCUT2D eigenvalue weighted by molar-refractivity contribution is -0.141. The summed E-state index contributed by atoms with van der Waals surface area (Å²) in [5.74, 6) is 0.806. The number of Topliss-reactive ketones (excluding diaryl/α,β-unsaturated/α-hetero) is 1. The molecule has 0 unspecified atom stereocenters. The van der Waals surface area contributed by atoms with Crippen LogP contribution in [-0.2, 0) is 20.2 Å². The fraction of sp³-hybridized carbons (Fsp3) is 0.350. The number of hydrogen-bond donors (Lipinski definition) is 0. The topological polar surface area (TPSA) is 61.9 Å².